The number of alkyl carbamates (subject to hydrolysis) is 2. The lowest BCUT2D eigenvalue weighted by atomic mass is 9.52. The Hall–Kier alpha value is -5.37. The fourth-order valence-electron chi connectivity index (χ4n) is 12.0. The molecule has 18 heteroatoms. The van der Waals surface area contributed by atoms with Gasteiger partial charge in [0.05, 0.1) is 18.4 Å². The van der Waals surface area contributed by atoms with Gasteiger partial charge in [0, 0.05) is 18.0 Å². The second-order valence-electron chi connectivity index (χ2n) is 18.2. The van der Waals surface area contributed by atoms with Crippen molar-refractivity contribution in [1.82, 2.24) is 15.6 Å². The number of carbonyl (C=O) groups excluding carboxylic acids is 4. The number of ether oxygens (including phenoxy) is 5. The smallest absolute Gasteiger partial charge is 0.414 e. The molecule has 6 aliphatic rings. The van der Waals surface area contributed by atoms with Crippen LogP contribution in [0.5, 0.6) is 0 Å². The highest BCUT2D eigenvalue weighted by Gasteiger charge is 3.10. The average Bonchev–Trinajstić information content (AvgIpc) is 3.88. The molecule has 6 fully saturated rings. The van der Waals surface area contributed by atoms with Crippen molar-refractivity contribution >= 4 is 30.1 Å². The fourth-order valence-corrected chi connectivity index (χ4v) is 12.0. The minimum atomic E-state index is -2.83. The maximum atomic E-state index is 14.0. The molecule has 8 N–H and O–H groups in total. The lowest BCUT2D eigenvalue weighted by molar-refractivity contribution is -0.390. The number of H-pyrrole nitrogens is 1. The monoisotopic (exact) mass is 874 g/mol. The number of aromatic amines is 1. The minimum Gasteiger partial charge on any atom is -0.459 e. The van der Waals surface area contributed by atoms with Crippen molar-refractivity contribution in [2.75, 3.05) is 6.54 Å². The molecular formula is C45H54N4O14. The number of nitrogens with zero attached hydrogens (tertiary/aromatic N) is 1. The number of amides is 2. The zero-order valence-corrected chi connectivity index (χ0v) is 35.6. The average molecular weight is 875 g/mol. The maximum Gasteiger partial charge on any atom is 0.414 e. The summed E-state index contributed by atoms with van der Waals surface area (Å²) in [5.41, 5.74) is -15.5. The predicted octanol–water partition coefficient (Wildman–Crippen LogP) is 2.96. The van der Waals surface area contributed by atoms with Crippen molar-refractivity contribution in [3.05, 3.63) is 95.8 Å². The predicted molar refractivity (Wildman–Crippen MR) is 219 cm³/mol. The maximum absolute atomic E-state index is 14.0. The van der Waals surface area contributed by atoms with Crippen LogP contribution in [0.4, 0.5) is 9.59 Å². The second-order valence-corrected chi connectivity index (χ2v) is 18.2. The topological polar surface area (TPSA) is 268 Å². The summed E-state index contributed by atoms with van der Waals surface area (Å²) < 4.78 is 29.3. The Labute approximate surface area is 362 Å². The van der Waals surface area contributed by atoms with E-state index in [2.05, 4.69) is 20.6 Å². The summed E-state index contributed by atoms with van der Waals surface area (Å²) in [6, 6.07) is 20.7. The Kier molecular flexibility index (Phi) is 10.6. The molecule has 6 bridgehead atoms. The first-order chi connectivity index (χ1) is 29.7. The van der Waals surface area contributed by atoms with E-state index in [1.807, 2.05) is 0 Å². The van der Waals surface area contributed by atoms with Crippen LogP contribution in [-0.2, 0) is 41.7 Å². The molecule has 63 heavy (non-hydrogen) atoms. The van der Waals surface area contributed by atoms with Crippen molar-refractivity contribution in [3.63, 3.8) is 0 Å². The molecule has 3 aromatic rings. The van der Waals surface area contributed by atoms with Crippen molar-refractivity contribution in [2.45, 2.75) is 120 Å². The molecule has 4 aliphatic carbocycles. The molecule has 0 radical (unpaired) electrons. The summed E-state index contributed by atoms with van der Waals surface area (Å²) in [6.07, 6.45) is -4.85. The number of guanidine groups is 1. The lowest BCUT2D eigenvalue weighted by Crippen LogP contribution is -2.75. The van der Waals surface area contributed by atoms with Gasteiger partial charge in [-0.25, -0.2) is 14.4 Å². The number of hydrogen-bond acceptors (Lipinski definition) is 15. The quantitative estimate of drug-likeness (QED) is 0.0596. The highest BCUT2D eigenvalue weighted by molar-refractivity contribution is 6.01. The molecule has 338 valence electrons. The number of hydrogen-bond donors (Lipinski definition) is 8. The van der Waals surface area contributed by atoms with Crippen LogP contribution in [0.15, 0.2) is 84.0 Å². The summed E-state index contributed by atoms with van der Waals surface area (Å²) in [7, 11) is 0. The first-order valence-corrected chi connectivity index (χ1v) is 21.1. The minimum absolute atomic E-state index is 0.0139. The number of rotatable bonds is 11. The Morgan fingerprint density at radius 1 is 0.857 bits per heavy atom. The van der Waals surface area contributed by atoms with Gasteiger partial charge in [-0.3, -0.25) is 20.4 Å². The van der Waals surface area contributed by atoms with E-state index in [4.69, 9.17) is 23.7 Å². The molecule has 9 rings (SSSR count). The van der Waals surface area contributed by atoms with Crippen molar-refractivity contribution in [2.24, 2.45) is 27.7 Å². The van der Waals surface area contributed by atoms with Crippen LogP contribution in [0.1, 0.15) is 81.9 Å². The van der Waals surface area contributed by atoms with Gasteiger partial charge in [0.1, 0.15) is 47.4 Å². The Morgan fingerprint density at radius 2 is 1.44 bits per heavy atom. The molecule has 3 heterocycles. The van der Waals surface area contributed by atoms with E-state index in [1.165, 1.54) is 26.1 Å². The standard InChI is InChI=1S/C45H54N4O14/c1-26(2)42(56)34(62-33(51)30-17-12-21-46-30)43(57)38(4)25-41(55)39(42,5)45(43,58)44(63-41)32(27(3)18-20-40(38,44)54)61-31(50)19-22-47-35(48-36(52)59-23-28-13-8-6-9-14-28)49-37(53)60-24-29-15-10-7-11-16-29/h6-17,21,26-27,32,34,46,54-58H,18-20,22-25H2,1-5H3,(H2,47,48,49,52,53)/t27-,32+,34+,38-,39+,40-,41-,42+,43+,44+,45+/m0/s1. The summed E-state index contributed by atoms with van der Waals surface area (Å²) in [4.78, 5) is 60.3. The van der Waals surface area contributed by atoms with Crippen LogP contribution in [0.2, 0.25) is 0 Å². The Bertz CT molecular complexity index is 2240. The van der Waals surface area contributed by atoms with Gasteiger partial charge >= 0.3 is 24.1 Å². The highest BCUT2D eigenvalue weighted by atomic mass is 16.7. The third kappa shape index (κ3) is 5.74. The summed E-state index contributed by atoms with van der Waals surface area (Å²) in [5.74, 6) is -6.36. The zero-order valence-electron chi connectivity index (χ0n) is 35.6. The van der Waals surface area contributed by atoms with E-state index in [1.54, 1.807) is 87.5 Å². The van der Waals surface area contributed by atoms with Crippen LogP contribution in [-0.4, -0.2) is 113 Å². The third-order valence-electron chi connectivity index (χ3n) is 15.0. The molecule has 2 aliphatic heterocycles. The van der Waals surface area contributed by atoms with Crippen LogP contribution >= 0.6 is 0 Å². The number of carbonyl (C=O) groups is 4. The largest absolute Gasteiger partial charge is 0.459 e. The normalized spacial score (nSPS) is 37.8. The van der Waals surface area contributed by atoms with E-state index in [9.17, 15) is 44.7 Å². The van der Waals surface area contributed by atoms with Crippen LogP contribution < -0.4 is 10.6 Å². The van der Waals surface area contributed by atoms with E-state index < -0.39 is 112 Å². The first-order valence-electron chi connectivity index (χ1n) is 21.1. The van der Waals surface area contributed by atoms with Gasteiger partial charge in [-0.1, -0.05) is 88.4 Å². The first kappa shape index (κ1) is 44.2. The molecule has 11 atom stereocenters. The Morgan fingerprint density at radius 3 is 1.98 bits per heavy atom. The van der Waals surface area contributed by atoms with Gasteiger partial charge in [-0.2, -0.15) is 0 Å². The van der Waals surface area contributed by atoms with Crippen molar-refractivity contribution in [3.8, 4) is 0 Å². The third-order valence-corrected chi connectivity index (χ3v) is 15.0. The number of aliphatic hydroxyl groups is 5. The molecule has 18 nitrogen and oxygen atoms in total. The van der Waals surface area contributed by atoms with E-state index in [-0.39, 0.29) is 38.3 Å². The second kappa shape index (κ2) is 15.1. The van der Waals surface area contributed by atoms with Gasteiger partial charge < -0.3 is 54.2 Å². The summed E-state index contributed by atoms with van der Waals surface area (Å²) >= 11 is 0. The van der Waals surface area contributed by atoms with Gasteiger partial charge in [-0.05, 0) is 54.9 Å². The van der Waals surface area contributed by atoms with Crippen molar-refractivity contribution in [1.29, 1.82) is 0 Å². The number of benzene rings is 2. The molecule has 4 saturated carbocycles. The van der Waals surface area contributed by atoms with Crippen LogP contribution in [0, 0.1) is 22.7 Å². The van der Waals surface area contributed by atoms with Gasteiger partial charge in [0.25, 0.3) is 0 Å². The van der Waals surface area contributed by atoms with E-state index in [0.29, 0.717) is 11.1 Å². The summed E-state index contributed by atoms with van der Waals surface area (Å²) in [5, 5.41) is 70.5. The fraction of sp³-hybridized carbons (Fsp3) is 0.533. The number of nitrogens with one attached hydrogen (secondary N) is 3. The number of aliphatic imine (C=N–C) groups is 1. The molecule has 2 amide bonds. The molecule has 2 saturated heterocycles. The molecule has 0 unspecified atom stereocenters. The molecular weight excluding hydrogens is 821 g/mol. The number of esters is 2. The van der Waals surface area contributed by atoms with Crippen molar-refractivity contribution < 1.29 is 68.4 Å². The summed E-state index contributed by atoms with van der Waals surface area (Å²) in [6.45, 7) is 7.07. The van der Waals surface area contributed by atoms with Crippen LogP contribution in [0.3, 0.4) is 0 Å². The van der Waals surface area contributed by atoms with Gasteiger partial charge in [0.15, 0.2) is 17.5 Å². The Balaban J connectivity index is 1.07. The molecule has 1 spiro atoms. The van der Waals surface area contributed by atoms with Gasteiger partial charge in [-0.15, -0.1) is 0 Å². The molecule has 1 aromatic heterocycles. The molecule has 2 aromatic carbocycles. The van der Waals surface area contributed by atoms with E-state index >= 15 is 0 Å². The van der Waals surface area contributed by atoms with E-state index in [0.717, 1.165) is 0 Å². The van der Waals surface area contributed by atoms with Gasteiger partial charge in [0.2, 0.25) is 5.96 Å². The number of aromatic nitrogens is 1. The highest BCUT2D eigenvalue weighted by Crippen LogP contribution is 2.90. The van der Waals surface area contributed by atoms with Crippen LogP contribution in [0.25, 0.3) is 0 Å². The lowest BCUT2D eigenvalue weighted by Gasteiger charge is -2.61. The zero-order chi connectivity index (χ0) is 45.4. The SMILES string of the molecule is CC(C)[C@@]1(O)[C@@H](OC(=O)c2ccc[nH]2)[C@@]2(O)[C@@]3(C)C[C@]4(O)O[C@@]5([C@H](OC(=O)CCN=C(NC(=O)OCc6ccccc6)NC(=O)OCc6ccccc6)[C@@H](C)CC[C@]35O)[C@@]2(O)[C@@]14C.